The van der Waals surface area contributed by atoms with Crippen LogP contribution < -0.4 is 4.74 Å². The first-order valence-corrected chi connectivity index (χ1v) is 4.82. The number of aromatic nitrogens is 2. The van der Waals surface area contributed by atoms with Crippen LogP contribution in [0.5, 0.6) is 5.88 Å². The standard InChI is InChI=1S/C10H12N2O3/c1-14-9(13)6-15-8-4-5-11-10(12-8)7-2-3-7/h4-5,7H,2-3,6H2,1H3. The minimum Gasteiger partial charge on any atom is -0.466 e. The van der Waals surface area contributed by atoms with Gasteiger partial charge in [-0.05, 0) is 12.8 Å². The number of rotatable bonds is 4. The lowest BCUT2D eigenvalue weighted by Crippen LogP contribution is -2.13. The Morgan fingerprint density at radius 2 is 2.40 bits per heavy atom. The molecule has 0 radical (unpaired) electrons. The molecule has 1 fully saturated rings. The van der Waals surface area contributed by atoms with Crippen LogP contribution in [0.1, 0.15) is 24.6 Å². The van der Waals surface area contributed by atoms with Crippen molar-refractivity contribution in [1.29, 1.82) is 0 Å². The fourth-order valence-corrected chi connectivity index (χ4v) is 1.17. The molecule has 1 heterocycles. The Morgan fingerprint density at radius 1 is 1.60 bits per heavy atom. The summed E-state index contributed by atoms with van der Waals surface area (Å²) in [4.78, 5) is 19.2. The van der Waals surface area contributed by atoms with Crippen molar-refractivity contribution in [3.8, 4) is 5.88 Å². The highest BCUT2D eigenvalue weighted by Gasteiger charge is 2.26. The highest BCUT2D eigenvalue weighted by atomic mass is 16.6. The molecule has 5 nitrogen and oxygen atoms in total. The van der Waals surface area contributed by atoms with E-state index in [1.807, 2.05) is 0 Å². The first-order valence-electron chi connectivity index (χ1n) is 4.82. The molecule has 2 rings (SSSR count). The Labute approximate surface area is 87.4 Å². The van der Waals surface area contributed by atoms with Crippen LogP contribution in [-0.2, 0) is 9.53 Å². The number of hydrogen-bond acceptors (Lipinski definition) is 5. The highest BCUT2D eigenvalue weighted by Crippen LogP contribution is 2.38. The summed E-state index contributed by atoms with van der Waals surface area (Å²) in [5.41, 5.74) is 0. The molecule has 0 unspecified atom stereocenters. The summed E-state index contributed by atoms with van der Waals surface area (Å²) in [6.45, 7) is -0.113. The second-order valence-electron chi connectivity index (χ2n) is 3.39. The van der Waals surface area contributed by atoms with Gasteiger partial charge in [0.25, 0.3) is 0 Å². The summed E-state index contributed by atoms with van der Waals surface area (Å²) in [6, 6.07) is 1.63. The molecular formula is C10H12N2O3. The lowest BCUT2D eigenvalue weighted by atomic mass is 10.4. The van der Waals surface area contributed by atoms with E-state index < -0.39 is 5.97 Å². The Kier molecular flexibility index (Phi) is 2.80. The maximum Gasteiger partial charge on any atom is 0.343 e. The van der Waals surface area contributed by atoms with Crippen LogP contribution in [0.3, 0.4) is 0 Å². The molecule has 0 aliphatic heterocycles. The Morgan fingerprint density at radius 3 is 3.07 bits per heavy atom. The zero-order valence-electron chi connectivity index (χ0n) is 8.47. The smallest absolute Gasteiger partial charge is 0.343 e. The number of carbonyl (C=O) groups excluding carboxylic acids is 1. The van der Waals surface area contributed by atoms with Crippen molar-refractivity contribution in [2.45, 2.75) is 18.8 Å². The van der Waals surface area contributed by atoms with Gasteiger partial charge in [-0.2, -0.15) is 4.98 Å². The molecule has 5 heteroatoms. The van der Waals surface area contributed by atoms with Crippen molar-refractivity contribution < 1.29 is 14.3 Å². The lowest BCUT2D eigenvalue weighted by molar-refractivity contribution is -0.143. The molecule has 1 saturated carbocycles. The molecule has 0 saturated heterocycles. The number of methoxy groups -OCH3 is 1. The topological polar surface area (TPSA) is 61.3 Å². The molecule has 1 aliphatic rings. The molecule has 1 aliphatic carbocycles. The second kappa shape index (κ2) is 4.25. The molecule has 15 heavy (non-hydrogen) atoms. The van der Waals surface area contributed by atoms with E-state index in [2.05, 4.69) is 14.7 Å². The molecule has 0 atom stereocenters. The van der Waals surface area contributed by atoms with E-state index in [-0.39, 0.29) is 6.61 Å². The summed E-state index contributed by atoms with van der Waals surface area (Å²) < 4.78 is 9.61. The highest BCUT2D eigenvalue weighted by molar-refractivity contribution is 5.70. The van der Waals surface area contributed by atoms with Gasteiger partial charge in [0.1, 0.15) is 5.82 Å². The van der Waals surface area contributed by atoms with E-state index in [1.54, 1.807) is 12.3 Å². The number of ether oxygens (including phenoxy) is 2. The lowest BCUT2D eigenvalue weighted by Gasteiger charge is -2.04. The summed E-state index contributed by atoms with van der Waals surface area (Å²) in [6.07, 6.45) is 3.92. The number of nitrogens with zero attached hydrogens (tertiary/aromatic N) is 2. The van der Waals surface area contributed by atoms with Crippen LogP contribution in [0.2, 0.25) is 0 Å². The van der Waals surface area contributed by atoms with Crippen LogP contribution in [-0.4, -0.2) is 29.7 Å². The fraction of sp³-hybridized carbons (Fsp3) is 0.500. The normalized spacial score (nSPS) is 14.7. The van der Waals surface area contributed by atoms with Gasteiger partial charge in [-0.15, -0.1) is 0 Å². The van der Waals surface area contributed by atoms with E-state index >= 15 is 0 Å². The van der Waals surface area contributed by atoms with Gasteiger partial charge in [0, 0.05) is 18.2 Å². The number of esters is 1. The zero-order valence-corrected chi connectivity index (χ0v) is 8.47. The van der Waals surface area contributed by atoms with Crippen molar-refractivity contribution in [2.75, 3.05) is 13.7 Å². The third-order valence-corrected chi connectivity index (χ3v) is 2.16. The van der Waals surface area contributed by atoms with E-state index in [4.69, 9.17) is 4.74 Å². The van der Waals surface area contributed by atoms with E-state index in [9.17, 15) is 4.79 Å². The van der Waals surface area contributed by atoms with E-state index in [0.717, 1.165) is 18.7 Å². The first-order chi connectivity index (χ1) is 7.29. The van der Waals surface area contributed by atoms with Gasteiger partial charge < -0.3 is 9.47 Å². The van der Waals surface area contributed by atoms with Gasteiger partial charge in [0.2, 0.25) is 5.88 Å². The van der Waals surface area contributed by atoms with Crippen LogP contribution in [0, 0.1) is 0 Å². The fourth-order valence-electron chi connectivity index (χ4n) is 1.17. The van der Waals surface area contributed by atoms with Gasteiger partial charge in [0.15, 0.2) is 6.61 Å². The summed E-state index contributed by atoms with van der Waals surface area (Å²) in [5, 5.41) is 0. The maximum absolute atomic E-state index is 10.8. The third kappa shape index (κ3) is 2.65. The summed E-state index contributed by atoms with van der Waals surface area (Å²) in [5.74, 6) is 1.29. The third-order valence-electron chi connectivity index (χ3n) is 2.16. The van der Waals surface area contributed by atoms with Crippen LogP contribution in [0.25, 0.3) is 0 Å². The number of hydrogen-bond donors (Lipinski definition) is 0. The first kappa shape index (κ1) is 9.89. The largest absolute Gasteiger partial charge is 0.466 e. The van der Waals surface area contributed by atoms with E-state index in [0.29, 0.717) is 11.8 Å². The van der Waals surface area contributed by atoms with Crippen molar-refractivity contribution in [1.82, 2.24) is 9.97 Å². The molecule has 0 aromatic carbocycles. The van der Waals surface area contributed by atoms with Crippen molar-refractivity contribution in [3.63, 3.8) is 0 Å². The molecule has 0 spiro atoms. The minimum absolute atomic E-state index is 0.113. The molecule has 0 amide bonds. The summed E-state index contributed by atoms with van der Waals surface area (Å²) in [7, 11) is 1.32. The van der Waals surface area contributed by atoms with Gasteiger partial charge in [-0.1, -0.05) is 0 Å². The summed E-state index contributed by atoms with van der Waals surface area (Å²) >= 11 is 0. The van der Waals surface area contributed by atoms with E-state index in [1.165, 1.54) is 7.11 Å². The van der Waals surface area contributed by atoms with Crippen LogP contribution in [0.15, 0.2) is 12.3 Å². The second-order valence-corrected chi connectivity index (χ2v) is 3.39. The number of carbonyl (C=O) groups is 1. The van der Waals surface area contributed by atoms with Gasteiger partial charge in [-0.3, -0.25) is 0 Å². The zero-order chi connectivity index (χ0) is 10.7. The van der Waals surface area contributed by atoms with Crippen molar-refractivity contribution >= 4 is 5.97 Å². The monoisotopic (exact) mass is 208 g/mol. The van der Waals surface area contributed by atoms with Crippen molar-refractivity contribution in [3.05, 3.63) is 18.1 Å². The SMILES string of the molecule is COC(=O)COc1ccnc(C2CC2)n1. The Bertz CT molecular complexity index is 363. The maximum atomic E-state index is 10.8. The quantitative estimate of drug-likeness (QED) is 0.688. The molecular weight excluding hydrogens is 196 g/mol. The predicted molar refractivity (Wildman–Crippen MR) is 51.5 cm³/mol. The molecule has 1 aromatic rings. The minimum atomic E-state index is -0.415. The molecule has 80 valence electrons. The van der Waals surface area contributed by atoms with Crippen molar-refractivity contribution in [2.24, 2.45) is 0 Å². The Hall–Kier alpha value is -1.65. The Balaban J connectivity index is 1.95. The predicted octanol–water partition coefficient (Wildman–Crippen LogP) is 0.906. The molecule has 1 aromatic heterocycles. The van der Waals surface area contributed by atoms with Crippen LogP contribution in [0.4, 0.5) is 0 Å². The average Bonchev–Trinajstić information content (AvgIpc) is 3.10. The average molecular weight is 208 g/mol. The van der Waals surface area contributed by atoms with Gasteiger partial charge >= 0.3 is 5.97 Å². The molecule has 0 bridgehead atoms. The van der Waals surface area contributed by atoms with Gasteiger partial charge in [0.05, 0.1) is 7.11 Å². The van der Waals surface area contributed by atoms with Gasteiger partial charge in [-0.25, -0.2) is 9.78 Å². The molecule has 0 N–H and O–H groups in total. The van der Waals surface area contributed by atoms with Crippen LogP contribution >= 0.6 is 0 Å².